The lowest BCUT2D eigenvalue weighted by Crippen LogP contribution is -2.48. The highest BCUT2D eigenvalue weighted by atomic mass is 14.7. The highest BCUT2D eigenvalue weighted by molar-refractivity contribution is 4.97. The molecular formula is C13H26N2. The molecular weight excluding hydrogens is 184 g/mol. The largest absolute Gasteiger partial charge is 0.330 e. The zero-order chi connectivity index (χ0) is 10.7. The van der Waals surface area contributed by atoms with Gasteiger partial charge in [0.15, 0.2) is 0 Å². The molecule has 0 radical (unpaired) electrons. The summed E-state index contributed by atoms with van der Waals surface area (Å²) >= 11 is 0. The Morgan fingerprint density at radius 2 is 1.07 bits per heavy atom. The Bertz CT molecular complexity index is 169. The molecule has 0 unspecified atom stereocenters. The molecule has 0 heterocycles. The predicted molar refractivity (Wildman–Crippen MR) is 64.5 cm³/mol. The van der Waals surface area contributed by atoms with E-state index in [2.05, 4.69) is 0 Å². The molecule has 2 saturated carbocycles. The SMILES string of the molecule is NCC(CN)(C1CCCC1)C1CCCC1. The third kappa shape index (κ3) is 1.94. The highest BCUT2D eigenvalue weighted by Gasteiger charge is 2.44. The summed E-state index contributed by atoms with van der Waals surface area (Å²) in [5, 5.41) is 0. The Kier molecular flexibility index (Phi) is 3.68. The molecule has 0 atom stereocenters. The van der Waals surface area contributed by atoms with Crippen molar-refractivity contribution in [1.82, 2.24) is 0 Å². The van der Waals surface area contributed by atoms with Gasteiger partial charge in [0.05, 0.1) is 0 Å². The van der Waals surface area contributed by atoms with E-state index in [1.165, 1.54) is 51.4 Å². The summed E-state index contributed by atoms with van der Waals surface area (Å²) in [5.74, 6) is 1.66. The minimum Gasteiger partial charge on any atom is -0.330 e. The zero-order valence-corrected chi connectivity index (χ0v) is 9.88. The molecule has 0 aromatic heterocycles. The van der Waals surface area contributed by atoms with Crippen molar-refractivity contribution in [2.45, 2.75) is 51.4 Å². The monoisotopic (exact) mass is 210 g/mol. The van der Waals surface area contributed by atoms with Gasteiger partial charge in [0.25, 0.3) is 0 Å². The molecule has 0 amide bonds. The maximum atomic E-state index is 6.10. The topological polar surface area (TPSA) is 52.0 Å². The predicted octanol–water partition coefficient (Wildman–Crippen LogP) is 2.27. The Labute approximate surface area is 93.8 Å². The van der Waals surface area contributed by atoms with Crippen molar-refractivity contribution < 1.29 is 0 Å². The molecule has 2 fully saturated rings. The van der Waals surface area contributed by atoms with E-state index in [0.29, 0.717) is 5.41 Å². The van der Waals surface area contributed by atoms with E-state index in [1.807, 2.05) is 0 Å². The normalized spacial score (nSPS) is 25.2. The molecule has 2 rings (SSSR count). The quantitative estimate of drug-likeness (QED) is 0.748. The van der Waals surface area contributed by atoms with E-state index in [-0.39, 0.29) is 0 Å². The van der Waals surface area contributed by atoms with Gasteiger partial charge in [-0.05, 0) is 50.6 Å². The Hall–Kier alpha value is -0.0800. The van der Waals surface area contributed by atoms with Crippen LogP contribution in [-0.4, -0.2) is 13.1 Å². The van der Waals surface area contributed by atoms with Gasteiger partial charge < -0.3 is 11.5 Å². The Balaban J connectivity index is 2.13. The molecule has 15 heavy (non-hydrogen) atoms. The van der Waals surface area contributed by atoms with Crippen LogP contribution in [-0.2, 0) is 0 Å². The van der Waals surface area contributed by atoms with E-state index in [0.717, 1.165) is 24.9 Å². The van der Waals surface area contributed by atoms with Crippen LogP contribution in [0.25, 0.3) is 0 Å². The van der Waals surface area contributed by atoms with Crippen LogP contribution in [0.3, 0.4) is 0 Å². The average Bonchev–Trinajstić information content (AvgIpc) is 2.92. The summed E-state index contributed by atoms with van der Waals surface area (Å²) in [6.45, 7) is 1.64. The van der Waals surface area contributed by atoms with E-state index in [9.17, 15) is 0 Å². The van der Waals surface area contributed by atoms with Crippen molar-refractivity contribution in [1.29, 1.82) is 0 Å². The van der Waals surface area contributed by atoms with E-state index >= 15 is 0 Å². The van der Waals surface area contributed by atoms with Crippen LogP contribution in [0, 0.1) is 17.3 Å². The van der Waals surface area contributed by atoms with Gasteiger partial charge in [0.2, 0.25) is 0 Å². The summed E-state index contributed by atoms with van der Waals surface area (Å²) in [4.78, 5) is 0. The number of hydrogen-bond acceptors (Lipinski definition) is 2. The minimum atomic E-state index is 0.299. The van der Waals surface area contributed by atoms with Crippen LogP contribution >= 0.6 is 0 Å². The molecule has 0 aliphatic heterocycles. The summed E-state index contributed by atoms with van der Waals surface area (Å²) in [6, 6.07) is 0. The van der Waals surface area contributed by atoms with E-state index < -0.39 is 0 Å². The summed E-state index contributed by atoms with van der Waals surface area (Å²) in [5.41, 5.74) is 12.5. The lowest BCUT2D eigenvalue weighted by atomic mass is 9.65. The minimum absolute atomic E-state index is 0.299. The summed E-state index contributed by atoms with van der Waals surface area (Å²) < 4.78 is 0. The van der Waals surface area contributed by atoms with Crippen molar-refractivity contribution >= 4 is 0 Å². The lowest BCUT2D eigenvalue weighted by molar-refractivity contribution is 0.0934. The van der Waals surface area contributed by atoms with Gasteiger partial charge in [-0.15, -0.1) is 0 Å². The fourth-order valence-corrected chi connectivity index (χ4v) is 4.08. The van der Waals surface area contributed by atoms with Gasteiger partial charge in [-0.3, -0.25) is 0 Å². The molecule has 4 N–H and O–H groups in total. The Morgan fingerprint density at radius 3 is 1.33 bits per heavy atom. The molecule has 0 bridgehead atoms. The van der Waals surface area contributed by atoms with Crippen LogP contribution in [0.1, 0.15) is 51.4 Å². The van der Waals surface area contributed by atoms with Crippen LogP contribution in [0.15, 0.2) is 0 Å². The van der Waals surface area contributed by atoms with Crippen molar-refractivity contribution in [3.05, 3.63) is 0 Å². The van der Waals surface area contributed by atoms with Crippen molar-refractivity contribution in [2.75, 3.05) is 13.1 Å². The summed E-state index contributed by atoms with van der Waals surface area (Å²) in [6.07, 6.45) is 11.1. The van der Waals surface area contributed by atoms with Gasteiger partial charge in [0.1, 0.15) is 0 Å². The smallest absolute Gasteiger partial charge is 0.000448 e. The first-order chi connectivity index (χ1) is 7.33. The van der Waals surface area contributed by atoms with Gasteiger partial charge in [-0.1, -0.05) is 25.7 Å². The lowest BCUT2D eigenvalue weighted by Gasteiger charge is -2.42. The fourth-order valence-electron chi connectivity index (χ4n) is 4.08. The third-order valence-corrected chi connectivity index (χ3v) is 5.10. The van der Waals surface area contributed by atoms with Crippen LogP contribution in [0.2, 0.25) is 0 Å². The summed E-state index contributed by atoms with van der Waals surface area (Å²) in [7, 11) is 0. The zero-order valence-electron chi connectivity index (χ0n) is 9.88. The van der Waals surface area contributed by atoms with Gasteiger partial charge in [-0.2, -0.15) is 0 Å². The third-order valence-electron chi connectivity index (χ3n) is 5.10. The second-order valence-corrected chi connectivity index (χ2v) is 5.60. The Morgan fingerprint density at radius 1 is 0.733 bits per heavy atom. The van der Waals surface area contributed by atoms with Crippen molar-refractivity contribution in [2.24, 2.45) is 28.7 Å². The molecule has 0 aromatic rings. The maximum Gasteiger partial charge on any atom is 0.000448 e. The van der Waals surface area contributed by atoms with Crippen molar-refractivity contribution in [3.63, 3.8) is 0 Å². The van der Waals surface area contributed by atoms with Crippen molar-refractivity contribution in [3.8, 4) is 0 Å². The molecule has 0 aromatic carbocycles. The molecule has 0 spiro atoms. The highest BCUT2D eigenvalue weighted by Crippen LogP contribution is 2.49. The molecule has 88 valence electrons. The first kappa shape index (κ1) is 11.4. The molecule has 2 aliphatic rings. The first-order valence-electron chi connectivity index (χ1n) is 6.73. The average molecular weight is 210 g/mol. The maximum absolute atomic E-state index is 6.10. The standard InChI is InChI=1S/C13H26N2/c14-9-13(10-15,11-5-1-2-6-11)12-7-3-4-8-12/h11-12H,1-10,14-15H2. The second-order valence-electron chi connectivity index (χ2n) is 5.60. The van der Waals surface area contributed by atoms with Crippen LogP contribution in [0.4, 0.5) is 0 Å². The van der Waals surface area contributed by atoms with Crippen LogP contribution in [0.5, 0.6) is 0 Å². The van der Waals surface area contributed by atoms with E-state index in [1.54, 1.807) is 0 Å². The fraction of sp³-hybridized carbons (Fsp3) is 1.00. The van der Waals surface area contributed by atoms with Gasteiger partial charge >= 0.3 is 0 Å². The molecule has 2 nitrogen and oxygen atoms in total. The van der Waals surface area contributed by atoms with Crippen LogP contribution < -0.4 is 11.5 Å². The number of nitrogens with two attached hydrogens (primary N) is 2. The molecule has 2 aliphatic carbocycles. The first-order valence-corrected chi connectivity index (χ1v) is 6.73. The van der Waals surface area contributed by atoms with Gasteiger partial charge in [-0.25, -0.2) is 0 Å². The molecule has 0 saturated heterocycles. The van der Waals surface area contributed by atoms with E-state index in [4.69, 9.17) is 11.5 Å². The molecule has 2 heteroatoms. The van der Waals surface area contributed by atoms with Gasteiger partial charge in [0, 0.05) is 5.41 Å². The number of rotatable bonds is 4. The second kappa shape index (κ2) is 4.84. The number of hydrogen-bond donors (Lipinski definition) is 2.